The Morgan fingerprint density at radius 1 is 1.35 bits per heavy atom. The van der Waals surface area contributed by atoms with Crippen LogP contribution in [0.15, 0.2) is 18.2 Å². The quantitative estimate of drug-likeness (QED) is 0.865. The Kier molecular flexibility index (Phi) is 5.41. The lowest BCUT2D eigenvalue weighted by atomic mass is 9.83. The van der Waals surface area contributed by atoms with E-state index >= 15 is 0 Å². The van der Waals surface area contributed by atoms with Gasteiger partial charge in [0.1, 0.15) is 23.5 Å². The summed E-state index contributed by atoms with van der Waals surface area (Å²) >= 11 is 0. The van der Waals surface area contributed by atoms with Gasteiger partial charge in [-0.25, -0.2) is 13.6 Å². The Morgan fingerprint density at radius 3 is 2.70 bits per heavy atom. The molecule has 2 atom stereocenters. The summed E-state index contributed by atoms with van der Waals surface area (Å²) in [4.78, 5) is 34.8. The Morgan fingerprint density at radius 2 is 2.09 bits per heavy atom. The zero-order valence-corrected chi connectivity index (χ0v) is 12.4. The third-order valence-electron chi connectivity index (χ3n) is 3.94. The molecule has 0 heterocycles. The number of carboxylic acids is 1. The lowest BCUT2D eigenvalue weighted by Gasteiger charge is -2.27. The highest BCUT2D eigenvalue weighted by atomic mass is 19.1. The zero-order chi connectivity index (χ0) is 17.0. The number of amides is 1. The van der Waals surface area contributed by atoms with E-state index in [0.29, 0.717) is 25.3 Å². The van der Waals surface area contributed by atoms with Gasteiger partial charge in [0, 0.05) is 18.9 Å². The van der Waals surface area contributed by atoms with Crippen LogP contribution in [0.2, 0.25) is 0 Å². The summed E-state index contributed by atoms with van der Waals surface area (Å²) in [5, 5.41) is 11.6. The molecule has 1 saturated carbocycles. The van der Waals surface area contributed by atoms with Crippen molar-refractivity contribution < 1.29 is 28.3 Å². The van der Waals surface area contributed by atoms with Gasteiger partial charge >= 0.3 is 5.97 Å². The first kappa shape index (κ1) is 17.1. The topological polar surface area (TPSA) is 83.5 Å². The van der Waals surface area contributed by atoms with Gasteiger partial charge in [-0.2, -0.15) is 0 Å². The second kappa shape index (κ2) is 7.30. The third kappa shape index (κ3) is 4.58. The van der Waals surface area contributed by atoms with E-state index in [4.69, 9.17) is 0 Å². The summed E-state index contributed by atoms with van der Waals surface area (Å²) in [6.07, 6.45) is 1.28. The highest BCUT2D eigenvalue weighted by Crippen LogP contribution is 2.24. The molecule has 2 rings (SSSR count). The van der Waals surface area contributed by atoms with E-state index in [0.717, 1.165) is 12.1 Å². The number of carbonyl (C=O) groups excluding carboxylic acids is 2. The maximum absolute atomic E-state index is 13.5. The lowest BCUT2D eigenvalue weighted by Crippen LogP contribution is -2.47. The van der Waals surface area contributed by atoms with E-state index < -0.39 is 41.9 Å². The van der Waals surface area contributed by atoms with Gasteiger partial charge in [0.25, 0.3) is 0 Å². The van der Waals surface area contributed by atoms with Crippen molar-refractivity contribution in [1.29, 1.82) is 0 Å². The molecule has 0 radical (unpaired) electrons. The first-order chi connectivity index (χ1) is 10.9. The molecule has 2 N–H and O–H groups in total. The molecule has 1 aliphatic carbocycles. The number of halogens is 2. The molecule has 0 saturated heterocycles. The van der Waals surface area contributed by atoms with Crippen LogP contribution in [0, 0.1) is 17.6 Å². The van der Waals surface area contributed by atoms with Crippen molar-refractivity contribution >= 4 is 17.7 Å². The number of carboxylic acid groups (broad SMARTS) is 1. The molecule has 0 spiro atoms. The van der Waals surface area contributed by atoms with Crippen molar-refractivity contribution in [1.82, 2.24) is 5.32 Å². The van der Waals surface area contributed by atoms with Crippen LogP contribution >= 0.6 is 0 Å². The Bertz CT molecular complexity index is 633. The molecule has 7 heteroatoms. The number of nitrogens with one attached hydrogen (secondary N) is 1. The van der Waals surface area contributed by atoms with Gasteiger partial charge in [0.2, 0.25) is 5.91 Å². The molecular weight excluding hydrogens is 308 g/mol. The summed E-state index contributed by atoms with van der Waals surface area (Å²) < 4.78 is 26.4. The fourth-order valence-corrected chi connectivity index (χ4v) is 2.79. The molecule has 0 unspecified atom stereocenters. The molecular formula is C16H17F2NO4. The molecule has 0 aromatic heterocycles. The van der Waals surface area contributed by atoms with Gasteiger partial charge in [-0.15, -0.1) is 0 Å². The van der Waals surface area contributed by atoms with Crippen LogP contribution in [-0.2, 0) is 20.8 Å². The van der Waals surface area contributed by atoms with Gasteiger partial charge in [0.15, 0.2) is 0 Å². The molecule has 23 heavy (non-hydrogen) atoms. The van der Waals surface area contributed by atoms with Gasteiger partial charge in [0.05, 0.1) is 6.42 Å². The predicted octanol–water partition coefficient (Wildman–Crippen LogP) is 1.84. The lowest BCUT2D eigenvalue weighted by molar-refractivity contribution is -0.144. The van der Waals surface area contributed by atoms with E-state index in [2.05, 4.69) is 5.32 Å². The average Bonchev–Trinajstić information content (AvgIpc) is 2.47. The SMILES string of the molecule is O=C1CCC[C@@H]([C@H](NC(=O)Cc2ccc(F)cc2F)C(=O)O)C1. The number of hydrogen-bond acceptors (Lipinski definition) is 3. The predicted molar refractivity (Wildman–Crippen MR) is 76.6 cm³/mol. The van der Waals surface area contributed by atoms with E-state index in [1.807, 2.05) is 0 Å². The highest BCUT2D eigenvalue weighted by Gasteiger charge is 2.33. The molecule has 1 fully saturated rings. The molecule has 124 valence electrons. The van der Waals surface area contributed by atoms with Crippen molar-refractivity contribution in [2.75, 3.05) is 0 Å². The maximum Gasteiger partial charge on any atom is 0.326 e. The van der Waals surface area contributed by atoms with Crippen LogP contribution in [0.5, 0.6) is 0 Å². The number of rotatable bonds is 5. The zero-order valence-electron chi connectivity index (χ0n) is 12.4. The fraction of sp³-hybridized carbons (Fsp3) is 0.438. The number of ketones is 1. The largest absolute Gasteiger partial charge is 0.480 e. The van der Waals surface area contributed by atoms with Crippen LogP contribution in [0.25, 0.3) is 0 Å². The standard InChI is InChI=1S/C16H17F2NO4/c17-11-5-4-9(13(18)8-11)7-14(21)19-15(16(22)23)10-2-1-3-12(20)6-10/h4-5,8,10,15H,1-3,6-7H2,(H,19,21)(H,22,23)/t10-,15+/m1/s1. The highest BCUT2D eigenvalue weighted by molar-refractivity contribution is 5.86. The molecule has 0 aliphatic heterocycles. The molecule has 1 aliphatic rings. The van der Waals surface area contributed by atoms with Gasteiger partial charge < -0.3 is 10.4 Å². The van der Waals surface area contributed by atoms with E-state index in [1.165, 1.54) is 0 Å². The minimum absolute atomic E-state index is 0.0206. The second-order valence-electron chi connectivity index (χ2n) is 5.69. The minimum Gasteiger partial charge on any atom is -0.480 e. The van der Waals surface area contributed by atoms with Crippen LogP contribution in [-0.4, -0.2) is 28.8 Å². The molecule has 1 amide bonds. The number of carbonyl (C=O) groups is 3. The molecule has 1 aromatic rings. The first-order valence-electron chi connectivity index (χ1n) is 7.34. The smallest absolute Gasteiger partial charge is 0.326 e. The second-order valence-corrected chi connectivity index (χ2v) is 5.69. The van der Waals surface area contributed by atoms with Gasteiger partial charge in [-0.3, -0.25) is 9.59 Å². The van der Waals surface area contributed by atoms with Crippen molar-refractivity contribution in [3.05, 3.63) is 35.4 Å². The maximum atomic E-state index is 13.5. The van der Waals surface area contributed by atoms with Gasteiger partial charge in [-0.1, -0.05) is 6.07 Å². The van der Waals surface area contributed by atoms with Crippen molar-refractivity contribution in [2.45, 2.75) is 38.1 Å². The minimum atomic E-state index is -1.22. The Hall–Kier alpha value is -2.31. The monoisotopic (exact) mass is 325 g/mol. The van der Waals surface area contributed by atoms with E-state index in [9.17, 15) is 28.3 Å². The van der Waals surface area contributed by atoms with Crippen molar-refractivity contribution in [3.63, 3.8) is 0 Å². The van der Waals surface area contributed by atoms with E-state index in [-0.39, 0.29) is 17.8 Å². The third-order valence-corrected chi connectivity index (χ3v) is 3.94. The molecule has 0 bridgehead atoms. The fourth-order valence-electron chi connectivity index (χ4n) is 2.79. The first-order valence-corrected chi connectivity index (χ1v) is 7.34. The van der Waals surface area contributed by atoms with Crippen molar-refractivity contribution in [2.24, 2.45) is 5.92 Å². The molecule has 5 nitrogen and oxygen atoms in total. The van der Waals surface area contributed by atoms with Crippen LogP contribution in [0.4, 0.5) is 8.78 Å². The summed E-state index contributed by atoms with van der Waals surface area (Å²) in [7, 11) is 0. The summed E-state index contributed by atoms with van der Waals surface area (Å²) in [6, 6.07) is 1.65. The Labute approximate surface area is 131 Å². The van der Waals surface area contributed by atoms with Crippen LogP contribution in [0.3, 0.4) is 0 Å². The number of Topliss-reactive ketones (excluding diaryl/α,β-unsaturated/α-hetero) is 1. The Balaban J connectivity index is 2.03. The van der Waals surface area contributed by atoms with Crippen LogP contribution in [0.1, 0.15) is 31.2 Å². The van der Waals surface area contributed by atoms with Crippen LogP contribution < -0.4 is 5.32 Å². The van der Waals surface area contributed by atoms with Crippen molar-refractivity contribution in [3.8, 4) is 0 Å². The summed E-state index contributed by atoms with van der Waals surface area (Å²) in [5.41, 5.74) is -0.0206. The number of aliphatic carboxylic acids is 1. The summed E-state index contributed by atoms with van der Waals surface area (Å²) in [6.45, 7) is 0. The average molecular weight is 325 g/mol. The van der Waals surface area contributed by atoms with E-state index in [1.54, 1.807) is 0 Å². The molecule has 1 aromatic carbocycles. The number of benzene rings is 1. The van der Waals surface area contributed by atoms with Gasteiger partial charge in [-0.05, 0) is 30.4 Å². The normalized spacial score (nSPS) is 19.2. The summed E-state index contributed by atoms with van der Waals surface area (Å²) in [5.74, 6) is -4.00. The number of hydrogen-bond donors (Lipinski definition) is 2.